The zero-order valence-electron chi connectivity index (χ0n) is 25.5. The molecule has 46 heavy (non-hydrogen) atoms. The summed E-state index contributed by atoms with van der Waals surface area (Å²) in [6, 6.07) is 6.33. The van der Waals surface area contributed by atoms with Crippen molar-refractivity contribution in [1.82, 2.24) is 20.2 Å². The summed E-state index contributed by atoms with van der Waals surface area (Å²) in [7, 11) is 0. The van der Waals surface area contributed by atoms with Gasteiger partial charge in [-0.1, -0.05) is 13.0 Å². The number of nitrogens with one attached hydrogen (secondary N) is 1. The van der Waals surface area contributed by atoms with E-state index in [9.17, 15) is 13.9 Å². The number of hydrogen-bond donors (Lipinski definition) is 2. The van der Waals surface area contributed by atoms with Crippen LogP contribution >= 0.6 is 0 Å². The average molecular weight is 638 g/mol. The smallest absolute Gasteiger partial charge is 0.319 e. The van der Waals surface area contributed by atoms with Gasteiger partial charge >= 0.3 is 6.01 Å². The molecule has 0 spiro atoms. The first-order valence-corrected chi connectivity index (χ1v) is 16.0. The number of piperazine rings is 1. The number of aromatic nitrogens is 2. The summed E-state index contributed by atoms with van der Waals surface area (Å²) < 4.78 is 74.8. The Hall–Kier alpha value is -3.74. The molecule has 1 aromatic heterocycles. The fraction of sp³-hybridized carbons (Fsp3) is 0.471. The third kappa shape index (κ3) is 4.67. The molecule has 242 valence electrons. The lowest BCUT2D eigenvalue weighted by Crippen LogP contribution is -2.64. The molecule has 8 nitrogen and oxygen atoms in total. The van der Waals surface area contributed by atoms with Crippen LogP contribution in [0.3, 0.4) is 0 Å². The monoisotopic (exact) mass is 637 g/mol. The van der Waals surface area contributed by atoms with Gasteiger partial charge in [0.1, 0.15) is 41.5 Å². The topological polar surface area (TPSA) is 83.0 Å². The van der Waals surface area contributed by atoms with Crippen molar-refractivity contribution >= 4 is 27.5 Å². The van der Waals surface area contributed by atoms with Crippen LogP contribution in [0.4, 0.5) is 23.4 Å². The maximum Gasteiger partial charge on any atom is 0.319 e. The van der Waals surface area contributed by atoms with Crippen molar-refractivity contribution in [1.29, 1.82) is 0 Å². The number of anilines is 1. The zero-order valence-corrected chi connectivity index (χ0v) is 25.5. The van der Waals surface area contributed by atoms with E-state index in [1.807, 2.05) is 4.90 Å². The van der Waals surface area contributed by atoms with E-state index in [0.717, 1.165) is 19.4 Å². The number of rotatable bonds is 6. The largest absolute Gasteiger partial charge is 0.508 e. The number of phenolic OH excluding ortho intramolecular Hbond substituents is 1. The summed E-state index contributed by atoms with van der Waals surface area (Å²) in [6.45, 7) is 5.05. The minimum Gasteiger partial charge on any atom is -0.508 e. The molecule has 0 amide bonds. The van der Waals surface area contributed by atoms with Gasteiger partial charge in [0.2, 0.25) is 0 Å². The third-order valence-electron chi connectivity index (χ3n) is 10.3. The van der Waals surface area contributed by atoms with Crippen molar-refractivity contribution in [3.8, 4) is 22.9 Å². The summed E-state index contributed by atoms with van der Waals surface area (Å²) >= 11 is 0. The Labute approximate surface area is 263 Å². The summed E-state index contributed by atoms with van der Waals surface area (Å²) in [5.74, 6) is -2.23. The van der Waals surface area contributed by atoms with Crippen LogP contribution in [-0.4, -0.2) is 89.8 Å². The minimum absolute atomic E-state index is 0.0266. The van der Waals surface area contributed by atoms with Gasteiger partial charge in [-0.25, -0.2) is 17.6 Å². The van der Waals surface area contributed by atoms with Gasteiger partial charge in [-0.2, -0.15) is 9.97 Å². The number of fused-ring (bicyclic) bond motifs is 5. The van der Waals surface area contributed by atoms with E-state index in [4.69, 9.17) is 14.5 Å². The van der Waals surface area contributed by atoms with E-state index < -0.39 is 34.7 Å². The fourth-order valence-electron chi connectivity index (χ4n) is 8.23. The van der Waals surface area contributed by atoms with Gasteiger partial charge < -0.3 is 24.8 Å². The second-order valence-electron chi connectivity index (χ2n) is 13.0. The molecule has 0 radical (unpaired) electrons. The lowest BCUT2D eigenvalue weighted by atomic mass is 9.91. The highest BCUT2D eigenvalue weighted by atomic mass is 19.1. The summed E-state index contributed by atoms with van der Waals surface area (Å²) in [5, 5.41) is 14.9. The van der Waals surface area contributed by atoms with Gasteiger partial charge in [0.15, 0.2) is 5.82 Å². The standard InChI is InChI=1S/C34H35F4N5O3/c1-2-23-26(36)5-4-18-8-22(44)9-24(28(18)23)29-27(37)10-25-31(30(29)38)40-33(46-17-34-6-3-7-42(34)14-19(35)11-34)41-32(25)43-20-12-39-13-21(43)16-45-15-20/h4-5,8-10,19-21,39,44H,2-3,6-7,11-17H2,1H3/t19-,20-,21+,34+/m1/s1. The number of aryl methyl sites for hydroxylation is 1. The second kappa shape index (κ2) is 11.2. The van der Waals surface area contributed by atoms with Crippen LogP contribution < -0.4 is 15.0 Å². The predicted octanol–water partition coefficient (Wildman–Crippen LogP) is 5.27. The zero-order chi connectivity index (χ0) is 31.7. The quantitative estimate of drug-likeness (QED) is 0.277. The van der Waals surface area contributed by atoms with Crippen LogP contribution in [0.1, 0.15) is 31.7 Å². The molecule has 4 saturated heterocycles. The molecule has 0 saturated carbocycles. The predicted molar refractivity (Wildman–Crippen MR) is 166 cm³/mol. The molecule has 0 aliphatic carbocycles. The maximum atomic E-state index is 17.0. The number of morpholine rings is 1. The van der Waals surface area contributed by atoms with Crippen LogP contribution in [0.5, 0.6) is 11.8 Å². The summed E-state index contributed by atoms with van der Waals surface area (Å²) in [5.41, 5.74) is -0.750. The molecule has 12 heteroatoms. The highest BCUT2D eigenvalue weighted by Crippen LogP contribution is 2.44. The van der Waals surface area contributed by atoms with Crippen LogP contribution in [0, 0.1) is 17.5 Å². The number of aromatic hydroxyl groups is 1. The molecule has 2 bridgehead atoms. The van der Waals surface area contributed by atoms with Gasteiger partial charge in [-0.15, -0.1) is 0 Å². The highest BCUT2D eigenvalue weighted by molar-refractivity contribution is 6.03. The molecular formula is C34H35F4N5O3. The number of hydrogen-bond acceptors (Lipinski definition) is 8. The molecule has 4 fully saturated rings. The lowest BCUT2D eigenvalue weighted by molar-refractivity contribution is 0.0522. The number of phenols is 1. The maximum absolute atomic E-state index is 17.0. The molecule has 2 N–H and O–H groups in total. The molecule has 8 rings (SSSR count). The Balaban J connectivity index is 1.32. The fourth-order valence-corrected chi connectivity index (χ4v) is 8.23. The number of halogens is 4. The Kier molecular flexibility index (Phi) is 7.22. The van der Waals surface area contributed by atoms with Gasteiger partial charge in [-0.05, 0) is 72.0 Å². The molecular weight excluding hydrogens is 602 g/mol. The second-order valence-corrected chi connectivity index (χ2v) is 13.0. The van der Waals surface area contributed by atoms with E-state index in [-0.39, 0.29) is 58.9 Å². The van der Waals surface area contributed by atoms with Gasteiger partial charge in [0, 0.05) is 31.4 Å². The van der Waals surface area contributed by atoms with Gasteiger partial charge in [-0.3, -0.25) is 4.90 Å². The van der Waals surface area contributed by atoms with Crippen LogP contribution in [0.25, 0.3) is 32.8 Å². The Morgan fingerprint density at radius 3 is 2.67 bits per heavy atom. The van der Waals surface area contributed by atoms with Crippen molar-refractivity contribution in [2.45, 2.75) is 56.4 Å². The average Bonchev–Trinajstić information content (AvgIpc) is 3.55. The summed E-state index contributed by atoms with van der Waals surface area (Å²) in [6.07, 6.45) is 1.37. The van der Waals surface area contributed by atoms with Crippen molar-refractivity contribution in [3.05, 3.63) is 53.3 Å². The van der Waals surface area contributed by atoms with Crippen molar-refractivity contribution in [3.63, 3.8) is 0 Å². The molecule has 3 aromatic carbocycles. The Morgan fingerprint density at radius 2 is 1.89 bits per heavy atom. The third-order valence-corrected chi connectivity index (χ3v) is 10.3. The normalized spacial score (nSPS) is 26.3. The van der Waals surface area contributed by atoms with Crippen molar-refractivity contribution < 1.29 is 32.1 Å². The van der Waals surface area contributed by atoms with E-state index in [2.05, 4.69) is 15.2 Å². The minimum atomic E-state index is -0.969. The van der Waals surface area contributed by atoms with Crippen molar-refractivity contribution in [2.24, 2.45) is 0 Å². The van der Waals surface area contributed by atoms with E-state index >= 15 is 8.78 Å². The SMILES string of the molecule is CCc1c(F)ccc2cc(O)cc(-c3c(F)cc4c(N5[C@@H]6CNC[C@H]5COC6)nc(OC[C@@]56CCCN5C[C@H](F)C6)nc4c3F)c12. The molecule has 4 aliphatic rings. The van der Waals surface area contributed by atoms with Crippen LogP contribution in [0.2, 0.25) is 0 Å². The number of ether oxygens (including phenoxy) is 2. The first kappa shape index (κ1) is 29.6. The molecule has 4 aromatic rings. The number of benzene rings is 3. The number of nitrogens with zero attached hydrogens (tertiary/aromatic N) is 4. The first-order valence-electron chi connectivity index (χ1n) is 16.0. The van der Waals surface area contributed by atoms with Gasteiger partial charge in [0.05, 0.1) is 36.4 Å². The van der Waals surface area contributed by atoms with E-state index in [0.29, 0.717) is 55.9 Å². The van der Waals surface area contributed by atoms with E-state index in [1.165, 1.54) is 30.3 Å². The highest BCUT2D eigenvalue weighted by Gasteiger charge is 2.49. The molecule has 4 atom stereocenters. The summed E-state index contributed by atoms with van der Waals surface area (Å²) in [4.78, 5) is 13.4. The lowest BCUT2D eigenvalue weighted by Gasteiger charge is -2.47. The van der Waals surface area contributed by atoms with Crippen LogP contribution in [0.15, 0.2) is 30.3 Å². The molecule has 0 unspecified atom stereocenters. The first-order chi connectivity index (χ1) is 22.3. The Bertz CT molecular complexity index is 1840. The van der Waals surface area contributed by atoms with Gasteiger partial charge in [0.25, 0.3) is 0 Å². The molecule has 4 aliphatic heterocycles. The Morgan fingerprint density at radius 1 is 1.09 bits per heavy atom. The molecule has 5 heterocycles. The van der Waals surface area contributed by atoms with E-state index in [1.54, 1.807) is 6.92 Å². The number of alkyl halides is 1. The van der Waals surface area contributed by atoms with Crippen molar-refractivity contribution in [2.75, 3.05) is 50.9 Å². The van der Waals surface area contributed by atoms with Crippen LogP contribution in [-0.2, 0) is 11.2 Å².